The second-order valence-corrected chi connectivity index (χ2v) is 3.97. The predicted octanol–water partition coefficient (Wildman–Crippen LogP) is 1.93. The zero-order valence-corrected chi connectivity index (χ0v) is 11.2. The van der Waals surface area contributed by atoms with Crippen LogP contribution < -0.4 is 20.5 Å². The quantitative estimate of drug-likeness (QED) is 0.889. The number of rotatable bonds is 4. The Morgan fingerprint density at radius 1 is 1.20 bits per heavy atom. The molecular formula is C14H15N3O3. The highest BCUT2D eigenvalue weighted by Crippen LogP contribution is 2.29. The van der Waals surface area contributed by atoms with Crippen molar-refractivity contribution in [1.29, 1.82) is 0 Å². The molecule has 1 aromatic carbocycles. The molecule has 1 aromatic heterocycles. The second kappa shape index (κ2) is 5.92. The molecule has 0 spiro atoms. The van der Waals surface area contributed by atoms with Crippen LogP contribution in [0.2, 0.25) is 0 Å². The largest absolute Gasteiger partial charge is 0.497 e. The first-order valence-corrected chi connectivity index (χ1v) is 5.90. The molecule has 0 radical (unpaired) electrons. The van der Waals surface area contributed by atoms with Gasteiger partial charge in [0, 0.05) is 6.07 Å². The molecule has 0 atom stereocenters. The highest BCUT2D eigenvalue weighted by molar-refractivity contribution is 6.03. The summed E-state index contributed by atoms with van der Waals surface area (Å²) in [4.78, 5) is 16.0. The summed E-state index contributed by atoms with van der Waals surface area (Å²) < 4.78 is 10.3. The van der Waals surface area contributed by atoms with Gasteiger partial charge in [0.25, 0.3) is 5.91 Å². The van der Waals surface area contributed by atoms with Gasteiger partial charge in [-0.1, -0.05) is 6.07 Å². The van der Waals surface area contributed by atoms with Crippen molar-refractivity contribution in [2.24, 2.45) is 0 Å². The van der Waals surface area contributed by atoms with Crippen molar-refractivity contribution in [3.63, 3.8) is 0 Å². The van der Waals surface area contributed by atoms with Crippen molar-refractivity contribution in [1.82, 2.24) is 4.98 Å². The van der Waals surface area contributed by atoms with Gasteiger partial charge in [-0.05, 0) is 24.3 Å². The smallest absolute Gasteiger partial charge is 0.274 e. The normalized spacial score (nSPS) is 9.90. The Balaban J connectivity index is 2.23. The zero-order valence-electron chi connectivity index (χ0n) is 11.2. The van der Waals surface area contributed by atoms with Gasteiger partial charge in [-0.25, -0.2) is 4.98 Å². The van der Waals surface area contributed by atoms with E-state index in [2.05, 4.69) is 10.3 Å². The van der Waals surface area contributed by atoms with Gasteiger partial charge in [0.1, 0.15) is 23.0 Å². The van der Waals surface area contributed by atoms with Crippen LogP contribution in [-0.2, 0) is 0 Å². The van der Waals surface area contributed by atoms with Crippen LogP contribution in [0, 0.1) is 0 Å². The average Bonchev–Trinajstić information content (AvgIpc) is 2.47. The number of nitrogens with one attached hydrogen (secondary N) is 1. The van der Waals surface area contributed by atoms with E-state index in [-0.39, 0.29) is 11.6 Å². The van der Waals surface area contributed by atoms with Gasteiger partial charge in [-0.2, -0.15) is 0 Å². The fraction of sp³-hybridized carbons (Fsp3) is 0.143. The molecule has 3 N–H and O–H groups in total. The third kappa shape index (κ3) is 2.97. The molecular weight excluding hydrogens is 258 g/mol. The highest BCUT2D eigenvalue weighted by Gasteiger charge is 2.11. The lowest BCUT2D eigenvalue weighted by Crippen LogP contribution is -2.14. The Morgan fingerprint density at radius 3 is 2.65 bits per heavy atom. The minimum atomic E-state index is -0.360. The van der Waals surface area contributed by atoms with Gasteiger partial charge in [0.15, 0.2) is 0 Å². The van der Waals surface area contributed by atoms with Crippen molar-refractivity contribution in [2.45, 2.75) is 0 Å². The molecule has 0 aliphatic rings. The van der Waals surface area contributed by atoms with E-state index in [9.17, 15) is 4.79 Å². The number of pyridine rings is 1. The van der Waals surface area contributed by atoms with E-state index >= 15 is 0 Å². The lowest BCUT2D eigenvalue weighted by Gasteiger charge is -2.11. The van der Waals surface area contributed by atoms with Gasteiger partial charge in [-0.3, -0.25) is 4.79 Å². The van der Waals surface area contributed by atoms with Crippen LogP contribution in [0.1, 0.15) is 10.5 Å². The summed E-state index contributed by atoms with van der Waals surface area (Å²) in [6.07, 6.45) is 0. The molecule has 0 fully saturated rings. The number of ether oxygens (including phenoxy) is 2. The Kier molecular flexibility index (Phi) is 4.05. The summed E-state index contributed by atoms with van der Waals surface area (Å²) in [6.45, 7) is 0. The third-order valence-corrected chi connectivity index (χ3v) is 2.66. The topological polar surface area (TPSA) is 86.5 Å². The molecule has 0 saturated heterocycles. The lowest BCUT2D eigenvalue weighted by atomic mass is 10.2. The summed E-state index contributed by atoms with van der Waals surface area (Å²) in [7, 11) is 3.08. The van der Waals surface area contributed by atoms with E-state index in [1.54, 1.807) is 43.5 Å². The van der Waals surface area contributed by atoms with E-state index < -0.39 is 0 Å². The van der Waals surface area contributed by atoms with Crippen LogP contribution in [0.4, 0.5) is 11.5 Å². The molecule has 2 aromatic rings. The van der Waals surface area contributed by atoms with Gasteiger partial charge in [-0.15, -0.1) is 0 Å². The zero-order chi connectivity index (χ0) is 14.5. The molecule has 2 rings (SSSR count). The minimum Gasteiger partial charge on any atom is -0.497 e. The van der Waals surface area contributed by atoms with Crippen LogP contribution in [0.3, 0.4) is 0 Å². The first-order valence-electron chi connectivity index (χ1n) is 5.90. The van der Waals surface area contributed by atoms with Crippen molar-refractivity contribution >= 4 is 17.4 Å². The van der Waals surface area contributed by atoms with E-state index in [0.717, 1.165) is 0 Å². The fourth-order valence-corrected chi connectivity index (χ4v) is 1.67. The van der Waals surface area contributed by atoms with Gasteiger partial charge in [0.2, 0.25) is 0 Å². The number of aromatic nitrogens is 1. The van der Waals surface area contributed by atoms with Crippen molar-refractivity contribution < 1.29 is 14.3 Å². The second-order valence-electron chi connectivity index (χ2n) is 3.97. The Hall–Kier alpha value is -2.76. The summed E-state index contributed by atoms with van der Waals surface area (Å²) in [5, 5.41) is 2.72. The van der Waals surface area contributed by atoms with E-state index in [0.29, 0.717) is 23.0 Å². The first-order chi connectivity index (χ1) is 9.63. The maximum Gasteiger partial charge on any atom is 0.274 e. The summed E-state index contributed by atoms with van der Waals surface area (Å²) in [6, 6.07) is 9.98. The maximum atomic E-state index is 12.1. The van der Waals surface area contributed by atoms with Gasteiger partial charge >= 0.3 is 0 Å². The Labute approximate surface area is 116 Å². The van der Waals surface area contributed by atoms with Crippen molar-refractivity contribution in [3.05, 3.63) is 42.1 Å². The maximum absolute atomic E-state index is 12.1. The van der Waals surface area contributed by atoms with Crippen LogP contribution in [-0.4, -0.2) is 25.1 Å². The van der Waals surface area contributed by atoms with Crippen molar-refractivity contribution in [2.75, 3.05) is 25.3 Å². The molecule has 6 heteroatoms. The molecule has 0 saturated carbocycles. The van der Waals surface area contributed by atoms with Crippen LogP contribution in [0.25, 0.3) is 0 Å². The Morgan fingerprint density at radius 2 is 2.00 bits per heavy atom. The van der Waals surface area contributed by atoms with Gasteiger partial charge < -0.3 is 20.5 Å². The van der Waals surface area contributed by atoms with E-state index in [1.165, 1.54) is 7.11 Å². The molecule has 1 amide bonds. The molecule has 0 unspecified atom stereocenters. The minimum absolute atomic E-state index is 0.239. The standard InChI is InChI=1S/C14H15N3O3/c1-19-9-6-7-10(12(8-9)20-2)17-14(18)11-4-3-5-13(15)16-11/h3-8H,1-2H3,(H2,15,16)(H,17,18). The number of amides is 1. The number of nitrogens with zero attached hydrogens (tertiary/aromatic N) is 1. The van der Waals surface area contributed by atoms with E-state index in [1.807, 2.05) is 0 Å². The molecule has 6 nitrogen and oxygen atoms in total. The number of methoxy groups -OCH3 is 2. The number of nitrogens with two attached hydrogens (primary N) is 1. The first kappa shape index (κ1) is 13.7. The molecule has 0 aliphatic carbocycles. The molecule has 0 bridgehead atoms. The summed E-state index contributed by atoms with van der Waals surface area (Å²) >= 11 is 0. The number of benzene rings is 1. The number of hydrogen-bond acceptors (Lipinski definition) is 5. The van der Waals surface area contributed by atoms with E-state index in [4.69, 9.17) is 15.2 Å². The van der Waals surface area contributed by atoms with Crippen LogP contribution in [0.5, 0.6) is 11.5 Å². The van der Waals surface area contributed by atoms with Crippen LogP contribution >= 0.6 is 0 Å². The Bertz CT molecular complexity index is 629. The number of nitrogen functional groups attached to an aromatic ring is 1. The van der Waals surface area contributed by atoms with Crippen molar-refractivity contribution in [3.8, 4) is 11.5 Å². The lowest BCUT2D eigenvalue weighted by molar-refractivity contribution is 0.102. The van der Waals surface area contributed by atoms with Crippen LogP contribution in [0.15, 0.2) is 36.4 Å². The van der Waals surface area contributed by atoms with Gasteiger partial charge in [0.05, 0.1) is 19.9 Å². The number of carbonyl (C=O) groups is 1. The summed E-state index contributed by atoms with van der Waals surface area (Å²) in [5.74, 6) is 1.07. The molecule has 0 aliphatic heterocycles. The number of carbonyl (C=O) groups excluding carboxylic acids is 1. The fourth-order valence-electron chi connectivity index (χ4n) is 1.67. The number of hydrogen-bond donors (Lipinski definition) is 2. The third-order valence-electron chi connectivity index (χ3n) is 2.66. The average molecular weight is 273 g/mol. The predicted molar refractivity (Wildman–Crippen MR) is 76.1 cm³/mol. The molecule has 1 heterocycles. The molecule has 20 heavy (non-hydrogen) atoms. The molecule has 104 valence electrons. The number of anilines is 2. The highest BCUT2D eigenvalue weighted by atomic mass is 16.5. The SMILES string of the molecule is COc1ccc(NC(=O)c2cccc(N)n2)c(OC)c1. The monoisotopic (exact) mass is 273 g/mol. The summed E-state index contributed by atoms with van der Waals surface area (Å²) in [5.41, 5.74) is 6.32.